The topological polar surface area (TPSA) is 55.8 Å². The second-order valence-electron chi connectivity index (χ2n) is 9.11. The molecule has 1 saturated carbocycles. The minimum Gasteiger partial charge on any atom is -0.465 e. The monoisotopic (exact) mass is 455 g/mol. The molecule has 3 rings (SSSR count). The first kappa shape index (κ1) is 25.2. The van der Waals surface area contributed by atoms with Crippen molar-refractivity contribution in [3.8, 4) is 0 Å². The van der Waals surface area contributed by atoms with Crippen molar-refractivity contribution in [2.45, 2.75) is 70.5 Å². The molecule has 0 aliphatic heterocycles. The van der Waals surface area contributed by atoms with Crippen molar-refractivity contribution in [1.29, 1.82) is 0 Å². The summed E-state index contributed by atoms with van der Waals surface area (Å²) < 4.78 is 13.1. The molecule has 1 aliphatic carbocycles. The second kappa shape index (κ2) is 13.3. The number of amides is 1. The van der Waals surface area contributed by atoms with Crippen molar-refractivity contribution in [2.24, 2.45) is 0 Å². The van der Waals surface area contributed by atoms with Crippen molar-refractivity contribution < 1.29 is 14.3 Å². The Morgan fingerprint density at radius 3 is 2.33 bits per heavy atom. The number of carbonyl (C=O) groups is 1. The molecular formula is C27H38FN3O2. The van der Waals surface area contributed by atoms with E-state index in [2.05, 4.69) is 41.4 Å². The Kier molecular flexibility index (Phi) is 10.2. The number of hydrogen-bond acceptors (Lipinski definition) is 3. The average molecular weight is 456 g/mol. The first-order valence-electron chi connectivity index (χ1n) is 12.3. The fraction of sp³-hybridized carbons (Fsp3) is 0.519. The molecule has 0 spiro atoms. The predicted octanol–water partition coefficient (Wildman–Crippen LogP) is 5.51. The van der Waals surface area contributed by atoms with Gasteiger partial charge >= 0.3 is 6.09 Å². The maximum atomic E-state index is 13.1. The molecule has 0 radical (unpaired) electrons. The van der Waals surface area contributed by atoms with Crippen molar-refractivity contribution in [3.05, 3.63) is 71.5 Å². The fourth-order valence-electron chi connectivity index (χ4n) is 4.72. The van der Waals surface area contributed by atoms with Crippen molar-refractivity contribution >= 4 is 6.09 Å². The minimum atomic E-state index is -0.824. The van der Waals surface area contributed by atoms with Crippen LogP contribution in [0.1, 0.15) is 56.6 Å². The Hall–Kier alpha value is -2.44. The zero-order chi connectivity index (χ0) is 23.5. The largest absolute Gasteiger partial charge is 0.465 e. The third kappa shape index (κ3) is 8.45. The molecule has 2 aromatic carbocycles. The van der Waals surface area contributed by atoms with Crippen LogP contribution in [0.15, 0.2) is 54.6 Å². The van der Waals surface area contributed by atoms with Gasteiger partial charge in [-0.25, -0.2) is 9.18 Å². The lowest BCUT2D eigenvalue weighted by molar-refractivity contribution is 0.0627. The molecule has 0 saturated heterocycles. The molecule has 180 valence electrons. The summed E-state index contributed by atoms with van der Waals surface area (Å²) in [5, 5.41) is 13.6. The summed E-state index contributed by atoms with van der Waals surface area (Å²) in [4.78, 5) is 16.0. The summed E-state index contributed by atoms with van der Waals surface area (Å²) in [5.74, 6) is -0.214. The second-order valence-corrected chi connectivity index (χ2v) is 9.11. The highest BCUT2D eigenvalue weighted by Crippen LogP contribution is 2.24. The molecule has 1 fully saturated rings. The maximum absolute atomic E-state index is 13.1. The lowest BCUT2D eigenvalue weighted by atomic mass is 9.90. The van der Waals surface area contributed by atoms with Gasteiger partial charge in [0.15, 0.2) is 0 Å². The van der Waals surface area contributed by atoms with Crippen LogP contribution in [0.4, 0.5) is 9.18 Å². The fourth-order valence-corrected chi connectivity index (χ4v) is 4.72. The molecule has 0 bridgehead atoms. The smallest absolute Gasteiger partial charge is 0.408 e. The van der Waals surface area contributed by atoms with Gasteiger partial charge in [-0.15, -0.1) is 0 Å². The summed E-state index contributed by atoms with van der Waals surface area (Å²) in [7, 11) is 0. The van der Waals surface area contributed by atoms with E-state index in [-0.39, 0.29) is 11.9 Å². The third-order valence-electron chi connectivity index (χ3n) is 6.57. The van der Waals surface area contributed by atoms with Crippen LogP contribution in [0.2, 0.25) is 0 Å². The van der Waals surface area contributed by atoms with Crippen LogP contribution in [0.3, 0.4) is 0 Å². The molecule has 0 atom stereocenters. The van der Waals surface area contributed by atoms with Crippen LogP contribution in [-0.4, -0.2) is 52.8 Å². The molecule has 5 nitrogen and oxygen atoms in total. The molecule has 2 aromatic rings. The van der Waals surface area contributed by atoms with Crippen molar-refractivity contribution in [1.82, 2.24) is 15.1 Å². The molecule has 1 aliphatic rings. The molecule has 0 heterocycles. The zero-order valence-electron chi connectivity index (χ0n) is 19.8. The summed E-state index contributed by atoms with van der Waals surface area (Å²) in [6.45, 7) is 5.16. The Morgan fingerprint density at radius 1 is 1.00 bits per heavy atom. The van der Waals surface area contributed by atoms with Crippen LogP contribution in [0.25, 0.3) is 0 Å². The van der Waals surface area contributed by atoms with E-state index in [4.69, 9.17) is 0 Å². The summed E-state index contributed by atoms with van der Waals surface area (Å²) in [5.41, 5.74) is 2.40. The molecule has 33 heavy (non-hydrogen) atoms. The summed E-state index contributed by atoms with van der Waals surface area (Å²) in [6.07, 6.45) is 5.75. The Bertz CT molecular complexity index is 823. The highest BCUT2D eigenvalue weighted by atomic mass is 19.1. The van der Waals surface area contributed by atoms with E-state index in [1.54, 1.807) is 4.90 Å². The molecule has 0 unspecified atom stereocenters. The normalized spacial score (nSPS) is 18.4. The van der Waals surface area contributed by atoms with E-state index in [9.17, 15) is 14.3 Å². The van der Waals surface area contributed by atoms with E-state index in [0.29, 0.717) is 12.7 Å². The number of aryl methyl sites for hydroxylation is 1. The Labute approximate surface area is 197 Å². The number of nitrogens with zero attached hydrogens (tertiary/aromatic N) is 2. The van der Waals surface area contributed by atoms with Gasteiger partial charge in [0.05, 0.1) is 6.67 Å². The molecule has 0 aromatic heterocycles. The van der Waals surface area contributed by atoms with Gasteiger partial charge in [-0.1, -0.05) is 49.4 Å². The van der Waals surface area contributed by atoms with Gasteiger partial charge < -0.3 is 10.4 Å². The van der Waals surface area contributed by atoms with E-state index >= 15 is 0 Å². The number of nitrogens with one attached hydrogen (secondary N) is 1. The van der Waals surface area contributed by atoms with Crippen LogP contribution >= 0.6 is 0 Å². The third-order valence-corrected chi connectivity index (χ3v) is 6.57. The van der Waals surface area contributed by atoms with Gasteiger partial charge in [0.1, 0.15) is 5.82 Å². The maximum Gasteiger partial charge on any atom is 0.408 e. The first-order valence-corrected chi connectivity index (χ1v) is 12.3. The SMILES string of the molecule is CCCN(CCCc1ccc(F)cc1)CN(C(=O)O)C1CCC(NCc2ccccc2)CC1. The van der Waals surface area contributed by atoms with Gasteiger partial charge in [0.25, 0.3) is 0 Å². The van der Waals surface area contributed by atoms with Gasteiger partial charge in [-0.05, 0) is 74.8 Å². The highest BCUT2D eigenvalue weighted by molar-refractivity contribution is 5.65. The molecule has 6 heteroatoms. The van der Waals surface area contributed by atoms with Crippen LogP contribution in [0.5, 0.6) is 0 Å². The minimum absolute atomic E-state index is 0.0775. The first-order chi connectivity index (χ1) is 16.0. The number of hydrogen-bond donors (Lipinski definition) is 2. The standard InChI is InChI=1S/C27H38FN3O2/c1-2-18-30(19-6-9-22-10-12-24(28)13-11-22)21-31(27(32)33)26-16-14-25(15-17-26)29-20-23-7-4-3-5-8-23/h3-5,7-8,10-13,25-26,29H,2,6,9,14-21H2,1H3,(H,32,33). The lowest BCUT2D eigenvalue weighted by Crippen LogP contribution is -2.49. The number of carboxylic acid groups (broad SMARTS) is 1. The Morgan fingerprint density at radius 2 is 1.70 bits per heavy atom. The van der Waals surface area contributed by atoms with Gasteiger partial charge in [0.2, 0.25) is 0 Å². The van der Waals surface area contributed by atoms with Gasteiger partial charge in [-0.2, -0.15) is 0 Å². The van der Waals surface area contributed by atoms with Crippen LogP contribution in [0, 0.1) is 5.82 Å². The van der Waals surface area contributed by atoms with Gasteiger partial charge in [0, 0.05) is 25.2 Å². The highest BCUT2D eigenvalue weighted by Gasteiger charge is 2.29. The van der Waals surface area contributed by atoms with Crippen molar-refractivity contribution in [2.75, 3.05) is 19.8 Å². The van der Waals surface area contributed by atoms with Crippen LogP contribution in [-0.2, 0) is 13.0 Å². The summed E-state index contributed by atoms with van der Waals surface area (Å²) in [6, 6.07) is 17.6. The van der Waals surface area contributed by atoms with Crippen molar-refractivity contribution in [3.63, 3.8) is 0 Å². The predicted molar refractivity (Wildman–Crippen MR) is 131 cm³/mol. The molecule has 2 N–H and O–H groups in total. The van der Waals surface area contributed by atoms with Gasteiger partial charge in [-0.3, -0.25) is 9.80 Å². The quantitative estimate of drug-likeness (QED) is 0.415. The van der Waals surface area contributed by atoms with E-state index in [1.165, 1.54) is 17.7 Å². The average Bonchev–Trinajstić information content (AvgIpc) is 2.83. The zero-order valence-corrected chi connectivity index (χ0v) is 19.8. The number of halogens is 1. The summed E-state index contributed by atoms with van der Waals surface area (Å²) >= 11 is 0. The molecular weight excluding hydrogens is 417 g/mol. The lowest BCUT2D eigenvalue weighted by Gasteiger charge is -2.38. The Balaban J connectivity index is 1.46. The molecule has 1 amide bonds. The van der Waals surface area contributed by atoms with E-state index < -0.39 is 6.09 Å². The number of benzene rings is 2. The van der Waals surface area contributed by atoms with E-state index in [0.717, 1.165) is 70.1 Å². The van der Waals surface area contributed by atoms with Crippen LogP contribution < -0.4 is 5.32 Å². The van der Waals surface area contributed by atoms with E-state index in [1.807, 2.05) is 18.2 Å². The number of rotatable bonds is 12.